The van der Waals surface area contributed by atoms with Gasteiger partial charge in [0.05, 0.1) is 12.7 Å². The maximum absolute atomic E-state index is 11.9. The van der Waals surface area contributed by atoms with Crippen molar-refractivity contribution in [3.8, 4) is 11.3 Å². The van der Waals surface area contributed by atoms with E-state index in [1.54, 1.807) is 25.2 Å². The molecule has 24 heavy (non-hydrogen) atoms. The number of aromatic nitrogens is 1. The van der Waals surface area contributed by atoms with Crippen molar-refractivity contribution in [2.24, 2.45) is 0 Å². The number of oxazole rings is 1. The maximum Gasteiger partial charge on any atom is 0.319 e. The number of rotatable bonds is 3. The third kappa shape index (κ3) is 3.88. The van der Waals surface area contributed by atoms with Gasteiger partial charge in [-0.3, -0.25) is 4.90 Å². The molecule has 0 unspecified atom stereocenters. The second kappa shape index (κ2) is 7.23. The first-order chi connectivity index (χ1) is 11.5. The number of nitrogens with zero attached hydrogens (tertiary/aromatic N) is 4. The van der Waals surface area contributed by atoms with E-state index < -0.39 is 0 Å². The molecule has 2 heterocycles. The summed E-state index contributed by atoms with van der Waals surface area (Å²) in [6, 6.07) is 7.56. The molecule has 1 saturated heterocycles. The van der Waals surface area contributed by atoms with Gasteiger partial charge >= 0.3 is 6.03 Å². The highest BCUT2D eigenvalue weighted by atomic mass is 35.5. The van der Waals surface area contributed by atoms with Crippen LogP contribution in [0.2, 0.25) is 5.02 Å². The Bertz CT molecular complexity index is 691. The number of benzene rings is 1. The number of hydrogen-bond acceptors (Lipinski definition) is 4. The Kier molecular flexibility index (Phi) is 5.06. The summed E-state index contributed by atoms with van der Waals surface area (Å²) >= 11 is 5.90. The Morgan fingerprint density at radius 2 is 1.88 bits per heavy atom. The Labute approximate surface area is 146 Å². The Morgan fingerprint density at radius 1 is 1.21 bits per heavy atom. The van der Waals surface area contributed by atoms with Crippen LogP contribution in [0.4, 0.5) is 4.79 Å². The van der Waals surface area contributed by atoms with Gasteiger partial charge in [0.15, 0.2) is 5.76 Å². The molecule has 1 aromatic heterocycles. The van der Waals surface area contributed by atoms with Crippen LogP contribution in [-0.2, 0) is 6.54 Å². The zero-order chi connectivity index (χ0) is 17.1. The molecule has 0 atom stereocenters. The first-order valence-electron chi connectivity index (χ1n) is 7.92. The molecular formula is C17H21ClN4O2. The van der Waals surface area contributed by atoms with E-state index in [0.717, 1.165) is 37.5 Å². The molecule has 1 aliphatic rings. The highest BCUT2D eigenvalue weighted by molar-refractivity contribution is 6.30. The van der Waals surface area contributed by atoms with Gasteiger partial charge in [0, 0.05) is 50.9 Å². The molecule has 0 radical (unpaired) electrons. The molecule has 0 N–H and O–H groups in total. The SMILES string of the molecule is CN(C)C(=O)N1CCN(Cc2ncc(-c3ccc(Cl)cc3)o2)CC1. The van der Waals surface area contributed by atoms with Crippen LogP contribution in [-0.4, -0.2) is 66.0 Å². The van der Waals surface area contributed by atoms with Gasteiger partial charge in [-0.25, -0.2) is 9.78 Å². The van der Waals surface area contributed by atoms with Gasteiger partial charge in [-0.15, -0.1) is 0 Å². The second-order valence-corrected chi connectivity index (χ2v) is 6.50. The molecule has 7 heteroatoms. The highest BCUT2D eigenvalue weighted by Crippen LogP contribution is 2.23. The van der Waals surface area contributed by atoms with Crippen LogP contribution in [0.15, 0.2) is 34.9 Å². The number of hydrogen-bond donors (Lipinski definition) is 0. The third-order valence-corrected chi connectivity index (χ3v) is 4.32. The number of halogens is 1. The summed E-state index contributed by atoms with van der Waals surface area (Å²) in [5, 5.41) is 0.698. The summed E-state index contributed by atoms with van der Waals surface area (Å²) in [5.74, 6) is 1.43. The topological polar surface area (TPSA) is 52.8 Å². The quantitative estimate of drug-likeness (QED) is 0.856. The highest BCUT2D eigenvalue weighted by Gasteiger charge is 2.23. The lowest BCUT2D eigenvalue weighted by Gasteiger charge is -2.35. The molecule has 3 rings (SSSR count). The van der Waals surface area contributed by atoms with Gasteiger partial charge in [0.2, 0.25) is 5.89 Å². The van der Waals surface area contributed by atoms with Crippen molar-refractivity contribution in [3.63, 3.8) is 0 Å². The molecule has 0 saturated carbocycles. The summed E-state index contributed by atoms with van der Waals surface area (Å²) in [7, 11) is 3.56. The molecule has 1 fully saturated rings. The first-order valence-corrected chi connectivity index (χ1v) is 8.30. The standard InChI is InChI=1S/C17H21ClN4O2/c1-20(2)17(23)22-9-7-21(8-10-22)12-16-19-11-15(24-16)13-3-5-14(18)6-4-13/h3-6,11H,7-10,12H2,1-2H3. The molecule has 0 aliphatic carbocycles. The van der Waals surface area contributed by atoms with E-state index in [9.17, 15) is 4.79 Å². The minimum absolute atomic E-state index is 0.0656. The van der Waals surface area contributed by atoms with Gasteiger partial charge in [-0.05, 0) is 24.3 Å². The summed E-state index contributed by atoms with van der Waals surface area (Å²) in [6.07, 6.45) is 1.74. The zero-order valence-corrected chi connectivity index (χ0v) is 14.7. The fraction of sp³-hybridized carbons (Fsp3) is 0.412. The molecule has 2 amide bonds. The van der Waals surface area contributed by atoms with Crippen LogP contribution < -0.4 is 0 Å². The van der Waals surface area contributed by atoms with Crippen molar-refractivity contribution >= 4 is 17.6 Å². The van der Waals surface area contributed by atoms with Gasteiger partial charge in [0.25, 0.3) is 0 Å². The van der Waals surface area contributed by atoms with Crippen LogP contribution in [0.3, 0.4) is 0 Å². The molecule has 0 bridgehead atoms. The van der Waals surface area contributed by atoms with Gasteiger partial charge < -0.3 is 14.2 Å². The van der Waals surface area contributed by atoms with Gasteiger partial charge in [0.1, 0.15) is 0 Å². The molecule has 0 spiro atoms. The summed E-state index contributed by atoms with van der Waals surface area (Å²) in [4.78, 5) is 22.0. The average Bonchev–Trinajstić information content (AvgIpc) is 3.04. The molecular weight excluding hydrogens is 328 g/mol. The normalized spacial score (nSPS) is 15.5. The molecule has 128 valence electrons. The van der Waals surface area contributed by atoms with E-state index in [2.05, 4.69) is 9.88 Å². The Balaban J connectivity index is 1.56. The number of amides is 2. The van der Waals surface area contributed by atoms with E-state index >= 15 is 0 Å². The largest absolute Gasteiger partial charge is 0.439 e. The summed E-state index contributed by atoms with van der Waals surface area (Å²) in [5.41, 5.74) is 0.958. The summed E-state index contributed by atoms with van der Waals surface area (Å²) in [6.45, 7) is 3.73. The van der Waals surface area contributed by atoms with E-state index in [-0.39, 0.29) is 6.03 Å². The molecule has 6 nitrogen and oxygen atoms in total. The lowest BCUT2D eigenvalue weighted by atomic mass is 10.2. The lowest BCUT2D eigenvalue weighted by Crippen LogP contribution is -2.51. The lowest BCUT2D eigenvalue weighted by molar-refractivity contribution is 0.115. The number of piperazine rings is 1. The van der Waals surface area contributed by atoms with E-state index in [1.165, 1.54) is 0 Å². The number of carbonyl (C=O) groups is 1. The average molecular weight is 349 g/mol. The predicted octanol–water partition coefficient (Wildman–Crippen LogP) is 2.79. The maximum atomic E-state index is 11.9. The minimum Gasteiger partial charge on any atom is -0.439 e. The first kappa shape index (κ1) is 16.8. The van der Waals surface area contributed by atoms with Crippen LogP contribution in [0.1, 0.15) is 5.89 Å². The third-order valence-electron chi connectivity index (χ3n) is 4.07. The van der Waals surface area contributed by atoms with Crippen molar-refractivity contribution in [1.29, 1.82) is 0 Å². The van der Waals surface area contributed by atoms with Crippen LogP contribution >= 0.6 is 11.6 Å². The van der Waals surface area contributed by atoms with Crippen LogP contribution in [0.25, 0.3) is 11.3 Å². The smallest absolute Gasteiger partial charge is 0.319 e. The zero-order valence-electron chi connectivity index (χ0n) is 13.9. The second-order valence-electron chi connectivity index (χ2n) is 6.07. The van der Waals surface area contributed by atoms with Gasteiger partial charge in [-0.1, -0.05) is 11.6 Å². The van der Waals surface area contributed by atoms with E-state index in [0.29, 0.717) is 17.5 Å². The Hall–Kier alpha value is -2.05. The van der Waals surface area contributed by atoms with Crippen molar-refractivity contribution in [2.75, 3.05) is 40.3 Å². The van der Waals surface area contributed by atoms with Crippen molar-refractivity contribution in [3.05, 3.63) is 41.4 Å². The van der Waals surface area contributed by atoms with E-state index in [4.69, 9.17) is 16.0 Å². The van der Waals surface area contributed by atoms with Crippen LogP contribution in [0.5, 0.6) is 0 Å². The summed E-state index contributed by atoms with van der Waals surface area (Å²) < 4.78 is 5.84. The van der Waals surface area contributed by atoms with Gasteiger partial charge in [-0.2, -0.15) is 0 Å². The van der Waals surface area contributed by atoms with E-state index in [1.807, 2.05) is 29.2 Å². The van der Waals surface area contributed by atoms with Crippen LogP contribution in [0, 0.1) is 0 Å². The van der Waals surface area contributed by atoms with Crippen molar-refractivity contribution in [2.45, 2.75) is 6.54 Å². The van der Waals surface area contributed by atoms with Crippen molar-refractivity contribution < 1.29 is 9.21 Å². The molecule has 1 aromatic carbocycles. The number of carbonyl (C=O) groups excluding carboxylic acids is 1. The molecule has 2 aromatic rings. The van der Waals surface area contributed by atoms with Crippen molar-refractivity contribution in [1.82, 2.24) is 19.7 Å². The Morgan fingerprint density at radius 3 is 2.50 bits per heavy atom. The monoisotopic (exact) mass is 348 g/mol. The fourth-order valence-electron chi connectivity index (χ4n) is 2.70. The fourth-order valence-corrected chi connectivity index (χ4v) is 2.83. The number of urea groups is 1. The minimum atomic E-state index is 0.0656. The predicted molar refractivity (Wildman–Crippen MR) is 92.9 cm³/mol. The molecule has 1 aliphatic heterocycles.